The predicted molar refractivity (Wildman–Crippen MR) is 78.2 cm³/mol. The van der Waals surface area contributed by atoms with Gasteiger partial charge in [0.2, 0.25) is 5.91 Å². The number of amides is 1. The first-order valence-corrected chi connectivity index (χ1v) is 7.31. The van der Waals surface area contributed by atoms with Crippen molar-refractivity contribution < 1.29 is 13.6 Å². The Morgan fingerprint density at radius 2 is 2.00 bits per heavy atom. The number of hydrogen-bond donors (Lipinski definition) is 2. The highest BCUT2D eigenvalue weighted by Crippen LogP contribution is 2.28. The Morgan fingerprint density at radius 3 is 2.57 bits per heavy atom. The summed E-state index contributed by atoms with van der Waals surface area (Å²) < 4.78 is 28.6. The first-order valence-electron chi connectivity index (χ1n) is 7.31. The Kier molecular flexibility index (Phi) is 5.12. The van der Waals surface area contributed by atoms with E-state index in [1.807, 2.05) is 13.8 Å². The number of piperazine rings is 1. The molecule has 1 aromatic rings. The van der Waals surface area contributed by atoms with Crippen molar-refractivity contribution >= 4 is 11.6 Å². The van der Waals surface area contributed by atoms with Gasteiger partial charge in [0.1, 0.15) is 23.4 Å². The van der Waals surface area contributed by atoms with Crippen LogP contribution in [0.3, 0.4) is 0 Å². The fourth-order valence-corrected chi connectivity index (χ4v) is 2.65. The van der Waals surface area contributed by atoms with Crippen molar-refractivity contribution in [3.63, 3.8) is 0 Å². The number of nitrogens with one attached hydrogen (secondary N) is 2. The van der Waals surface area contributed by atoms with Crippen molar-refractivity contribution in [1.82, 2.24) is 10.6 Å². The van der Waals surface area contributed by atoms with Gasteiger partial charge < -0.3 is 15.5 Å². The summed E-state index contributed by atoms with van der Waals surface area (Å²) in [5, 5.41) is 5.76. The van der Waals surface area contributed by atoms with Gasteiger partial charge in [-0.1, -0.05) is 13.8 Å². The molecule has 0 aliphatic carbocycles. The van der Waals surface area contributed by atoms with E-state index in [0.29, 0.717) is 31.6 Å². The van der Waals surface area contributed by atoms with Gasteiger partial charge in [-0.3, -0.25) is 4.79 Å². The minimum Gasteiger partial charge on any atom is -0.353 e. The molecule has 0 aromatic heterocycles. The highest BCUT2D eigenvalue weighted by atomic mass is 19.1. The van der Waals surface area contributed by atoms with Gasteiger partial charge in [-0.05, 0) is 30.7 Å². The number of anilines is 1. The first kappa shape index (κ1) is 15.7. The highest BCUT2D eigenvalue weighted by Gasteiger charge is 2.31. The van der Waals surface area contributed by atoms with E-state index in [1.54, 1.807) is 0 Å². The minimum atomic E-state index is -0.615. The largest absolute Gasteiger partial charge is 0.353 e. The van der Waals surface area contributed by atoms with Gasteiger partial charge in [-0.25, -0.2) is 8.78 Å². The van der Waals surface area contributed by atoms with E-state index in [4.69, 9.17) is 0 Å². The van der Waals surface area contributed by atoms with Crippen LogP contribution in [0, 0.1) is 11.6 Å². The second-order valence-electron chi connectivity index (χ2n) is 5.10. The highest BCUT2D eigenvalue weighted by molar-refractivity contribution is 5.86. The lowest BCUT2D eigenvalue weighted by molar-refractivity contribution is -0.123. The topological polar surface area (TPSA) is 44.4 Å². The lowest BCUT2D eigenvalue weighted by Gasteiger charge is -2.36. The average Bonchev–Trinajstić information content (AvgIpc) is 2.44. The van der Waals surface area contributed by atoms with Crippen LogP contribution in [-0.4, -0.2) is 31.6 Å². The van der Waals surface area contributed by atoms with Gasteiger partial charge in [0.05, 0.1) is 0 Å². The predicted octanol–water partition coefficient (Wildman–Crippen LogP) is 1.79. The molecule has 1 fully saturated rings. The molecule has 2 rings (SSSR count). The van der Waals surface area contributed by atoms with E-state index in [9.17, 15) is 13.6 Å². The summed E-state index contributed by atoms with van der Waals surface area (Å²) in [6.07, 6.45) is 0.504. The van der Waals surface area contributed by atoms with Crippen molar-refractivity contribution in [1.29, 1.82) is 0 Å². The lowest BCUT2D eigenvalue weighted by Crippen LogP contribution is -2.55. The van der Waals surface area contributed by atoms with E-state index >= 15 is 0 Å². The van der Waals surface area contributed by atoms with Crippen molar-refractivity contribution in [3.05, 3.63) is 29.3 Å². The lowest BCUT2D eigenvalue weighted by atomic mass is 10.1. The molecule has 0 saturated carbocycles. The summed E-state index contributed by atoms with van der Waals surface area (Å²) in [6, 6.07) is 2.14. The number of rotatable bonds is 5. The number of carbonyl (C=O) groups excluding carboxylic acids is 1. The van der Waals surface area contributed by atoms with Crippen LogP contribution >= 0.6 is 0 Å². The van der Waals surface area contributed by atoms with Crippen molar-refractivity contribution in [2.45, 2.75) is 32.9 Å². The molecule has 116 valence electrons. The van der Waals surface area contributed by atoms with Crippen molar-refractivity contribution in [3.8, 4) is 0 Å². The van der Waals surface area contributed by atoms with Crippen LogP contribution in [0.15, 0.2) is 12.1 Å². The average molecular weight is 297 g/mol. The Labute approximate surface area is 123 Å². The van der Waals surface area contributed by atoms with Crippen LogP contribution < -0.4 is 15.5 Å². The van der Waals surface area contributed by atoms with Gasteiger partial charge in [0.15, 0.2) is 0 Å². The molecule has 6 heteroatoms. The van der Waals surface area contributed by atoms with Crippen LogP contribution in [-0.2, 0) is 11.3 Å². The molecule has 2 N–H and O–H groups in total. The summed E-state index contributed by atoms with van der Waals surface area (Å²) in [4.78, 5) is 13.4. The molecule has 0 radical (unpaired) electrons. The van der Waals surface area contributed by atoms with Crippen LogP contribution in [0.4, 0.5) is 14.5 Å². The maximum absolute atomic E-state index is 14.3. The Bertz CT molecular complexity index is 499. The molecule has 1 saturated heterocycles. The summed E-state index contributed by atoms with van der Waals surface area (Å²) >= 11 is 0. The van der Waals surface area contributed by atoms with E-state index in [0.717, 1.165) is 6.54 Å². The number of nitrogens with zero attached hydrogens (tertiary/aromatic N) is 1. The Morgan fingerprint density at radius 1 is 1.33 bits per heavy atom. The smallest absolute Gasteiger partial charge is 0.242 e. The van der Waals surface area contributed by atoms with Gasteiger partial charge >= 0.3 is 0 Å². The van der Waals surface area contributed by atoms with Crippen LogP contribution in [0.2, 0.25) is 0 Å². The minimum absolute atomic E-state index is 0.100. The molecule has 1 aliphatic rings. The monoisotopic (exact) mass is 297 g/mol. The molecule has 1 aliphatic heterocycles. The SMILES string of the molecule is CCNCc1cc(F)c(N2CCNC(=O)C2CC)c(F)c1. The van der Waals surface area contributed by atoms with Crippen LogP contribution in [0.1, 0.15) is 25.8 Å². The van der Waals surface area contributed by atoms with Crippen LogP contribution in [0.25, 0.3) is 0 Å². The van der Waals surface area contributed by atoms with E-state index < -0.39 is 17.7 Å². The number of carbonyl (C=O) groups is 1. The van der Waals surface area contributed by atoms with Gasteiger partial charge in [0.25, 0.3) is 0 Å². The Balaban J connectivity index is 2.32. The zero-order valence-electron chi connectivity index (χ0n) is 12.4. The second kappa shape index (κ2) is 6.85. The summed E-state index contributed by atoms with van der Waals surface area (Å²) in [5.41, 5.74) is 0.460. The molecule has 1 aromatic carbocycles. The van der Waals surface area contributed by atoms with Gasteiger partial charge in [0, 0.05) is 19.6 Å². The molecule has 4 nitrogen and oxygen atoms in total. The number of benzene rings is 1. The molecular weight excluding hydrogens is 276 g/mol. The third kappa shape index (κ3) is 3.32. The maximum Gasteiger partial charge on any atom is 0.242 e. The van der Waals surface area contributed by atoms with Crippen molar-refractivity contribution in [2.75, 3.05) is 24.5 Å². The fraction of sp³-hybridized carbons (Fsp3) is 0.533. The zero-order chi connectivity index (χ0) is 15.4. The quantitative estimate of drug-likeness (QED) is 0.871. The van der Waals surface area contributed by atoms with E-state index in [-0.39, 0.29) is 11.6 Å². The molecule has 1 amide bonds. The molecule has 0 bridgehead atoms. The molecule has 21 heavy (non-hydrogen) atoms. The third-order valence-corrected chi connectivity index (χ3v) is 3.66. The molecule has 1 atom stereocenters. The van der Waals surface area contributed by atoms with Gasteiger partial charge in [-0.2, -0.15) is 0 Å². The normalized spacial score (nSPS) is 18.8. The molecular formula is C15H21F2N3O. The first-order chi connectivity index (χ1) is 10.1. The standard InChI is InChI=1S/C15H21F2N3O/c1-3-13-15(21)19-5-6-20(13)14-11(16)7-10(8-12(14)17)9-18-4-2/h7-8,13,18H,3-6,9H2,1-2H3,(H,19,21). The van der Waals surface area contributed by atoms with E-state index in [2.05, 4.69) is 10.6 Å². The van der Waals surface area contributed by atoms with Crippen LogP contribution in [0.5, 0.6) is 0 Å². The number of halogens is 2. The molecule has 1 unspecified atom stereocenters. The van der Waals surface area contributed by atoms with E-state index in [1.165, 1.54) is 17.0 Å². The third-order valence-electron chi connectivity index (χ3n) is 3.66. The van der Waals surface area contributed by atoms with Crippen molar-refractivity contribution in [2.24, 2.45) is 0 Å². The molecule has 0 spiro atoms. The Hall–Kier alpha value is -1.69. The maximum atomic E-state index is 14.3. The second-order valence-corrected chi connectivity index (χ2v) is 5.10. The summed E-state index contributed by atoms with van der Waals surface area (Å²) in [6.45, 7) is 5.71. The summed E-state index contributed by atoms with van der Waals surface area (Å²) in [7, 11) is 0. The zero-order valence-corrected chi connectivity index (χ0v) is 12.4. The molecule has 1 heterocycles. The summed E-state index contributed by atoms with van der Waals surface area (Å²) in [5.74, 6) is -1.41. The number of hydrogen-bond acceptors (Lipinski definition) is 3. The van der Waals surface area contributed by atoms with Gasteiger partial charge in [-0.15, -0.1) is 0 Å². The fourth-order valence-electron chi connectivity index (χ4n) is 2.65.